The molecule has 1 heterocycles. The number of carbonyl (C=O) groups is 1. The maximum Gasteiger partial charge on any atom is 0.281 e. The van der Waals surface area contributed by atoms with Gasteiger partial charge in [0.05, 0.1) is 19.4 Å². The number of hydrogen-bond donors (Lipinski definition) is 1. The van der Waals surface area contributed by atoms with Crippen LogP contribution in [0.15, 0.2) is 72.4 Å². The van der Waals surface area contributed by atoms with E-state index in [4.69, 9.17) is 38.0 Å². The van der Waals surface area contributed by atoms with Crippen LogP contribution >= 0.6 is 23.8 Å². The van der Waals surface area contributed by atoms with Gasteiger partial charge in [-0.3, -0.25) is 9.69 Å². The standard InChI is InChI=1S/C26H23ClN2O4S/c1-3-32-24-15-17(8-13-23(24)33-16-18-6-4-5-7-21(18)27)14-22-25(30)29(26(34)28-22)19-9-11-20(31-2)12-10-19/h4-15H,3,16H2,1-2H3,(H,28,34)/b22-14-. The van der Waals surface area contributed by atoms with Crippen LogP contribution in [0.25, 0.3) is 6.08 Å². The average Bonchev–Trinajstić information content (AvgIpc) is 3.12. The molecule has 1 amide bonds. The van der Waals surface area contributed by atoms with Crippen molar-refractivity contribution in [3.8, 4) is 17.2 Å². The molecule has 0 atom stereocenters. The highest BCUT2D eigenvalue weighted by Crippen LogP contribution is 2.31. The lowest BCUT2D eigenvalue weighted by Crippen LogP contribution is -2.30. The highest BCUT2D eigenvalue weighted by molar-refractivity contribution is 7.80. The summed E-state index contributed by atoms with van der Waals surface area (Å²) < 4.78 is 16.9. The Kier molecular flexibility index (Phi) is 7.35. The van der Waals surface area contributed by atoms with E-state index in [9.17, 15) is 4.79 Å². The number of thiocarbonyl (C=S) groups is 1. The van der Waals surface area contributed by atoms with E-state index in [-0.39, 0.29) is 5.91 Å². The maximum atomic E-state index is 13.1. The van der Waals surface area contributed by atoms with Crippen molar-refractivity contribution in [1.29, 1.82) is 0 Å². The van der Waals surface area contributed by atoms with Gasteiger partial charge in [-0.15, -0.1) is 0 Å². The van der Waals surface area contributed by atoms with Crippen LogP contribution in [0.4, 0.5) is 5.69 Å². The summed E-state index contributed by atoms with van der Waals surface area (Å²) in [6.45, 7) is 2.68. The Labute approximate surface area is 208 Å². The van der Waals surface area contributed by atoms with Gasteiger partial charge >= 0.3 is 0 Å². The van der Waals surface area contributed by atoms with Gasteiger partial charge in [0, 0.05) is 10.6 Å². The van der Waals surface area contributed by atoms with Gasteiger partial charge in [0.25, 0.3) is 5.91 Å². The first-order valence-corrected chi connectivity index (χ1v) is 11.4. The number of methoxy groups -OCH3 is 1. The molecule has 1 saturated heterocycles. The number of hydrogen-bond acceptors (Lipinski definition) is 5. The lowest BCUT2D eigenvalue weighted by atomic mass is 10.1. The monoisotopic (exact) mass is 494 g/mol. The van der Waals surface area contributed by atoms with Crippen molar-refractivity contribution >= 4 is 46.6 Å². The number of anilines is 1. The molecule has 174 valence electrons. The van der Waals surface area contributed by atoms with Crippen LogP contribution in [-0.4, -0.2) is 24.7 Å². The van der Waals surface area contributed by atoms with Crippen molar-refractivity contribution in [2.75, 3.05) is 18.6 Å². The molecule has 3 aromatic carbocycles. The van der Waals surface area contributed by atoms with E-state index >= 15 is 0 Å². The second-order valence-electron chi connectivity index (χ2n) is 7.35. The summed E-state index contributed by atoms with van der Waals surface area (Å²) in [7, 11) is 1.59. The number of halogens is 1. The van der Waals surface area contributed by atoms with Crippen LogP contribution in [0.2, 0.25) is 5.02 Å². The van der Waals surface area contributed by atoms with E-state index in [0.717, 1.165) is 11.1 Å². The molecule has 3 aromatic rings. The van der Waals surface area contributed by atoms with Gasteiger partial charge < -0.3 is 19.5 Å². The molecule has 6 nitrogen and oxygen atoms in total. The predicted octanol–water partition coefficient (Wildman–Crippen LogP) is 5.59. The summed E-state index contributed by atoms with van der Waals surface area (Å²) in [4.78, 5) is 14.5. The number of benzene rings is 3. The minimum absolute atomic E-state index is 0.243. The Bertz CT molecular complexity index is 1240. The molecule has 0 aromatic heterocycles. The molecule has 0 unspecified atom stereocenters. The molecule has 1 fully saturated rings. The zero-order valence-corrected chi connectivity index (χ0v) is 20.3. The van der Waals surface area contributed by atoms with Crippen molar-refractivity contribution in [3.05, 3.63) is 88.6 Å². The maximum absolute atomic E-state index is 13.1. The third-order valence-electron chi connectivity index (χ3n) is 5.13. The van der Waals surface area contributed by atoms with Crippen LogP contribution in [-0.2, 0) is 11.4 Å². The SMILES string of the molecule is CCOc1cc(/C=C2\NC(=S)N(c3ccc(OC)cc3)C2=O)ccc1OCc1ccccc1Cl. The number of nitrogens with zero attached hydrogens (tertiary/aromatic N) is 1. The lowest BCUT2D eigenvalue weighted by Gasteiger charge is -2.14. The van der Waals surface area contributed by atoms with E-state index in [2.05, 4.69) is 5.32 Å². The van der Waals surface area contributed by atoms with Crippen LogP contribution in [0.3, 0.4) is 0 Å². The zero-order chi connectivity index (χ0) is 24.1. The molecule has 1 N–H and O–H groups in total. The van der Waals surface area contributed by atoms with E-state index in [0.29, 0.717) is 52.0 Å². The van der Waals surface area contributed by atoms with Crippen LogP contribution in [0.5, 0.6) is 17.2 Å². The Morgan fingerprint density at radius 2 is 1.79 bits per heavy atom. The molecule has 34 heavy (non-hydrogen) atoms. The van der Waals surface area contributed by atoms with E-state index in [1.165, 1.54) is 4.90 Å². The van der Waals surface area contributed by atoms with Crippen LogP contribution in [0.1, 0.15) is 18.1 Å². The third-order valence-corrected chi connectivity index (χ3v) is 5.78. The van der Waals surface area contributed by atoms with Crippen LogP contribution < -0.4 is 24.4 Å². The number of carbonyl (C=O) groups excluding carboxylic acids is 1. The molecule has 4 rings (SSSR count). The fourth-order valence-corrected chi connectivity index (χ4v) is 3.93. The molecule has 0 radical (unpaired) electrons. The summed E-state index contributed by atoms with van der Waals surface area (Å²) >= 11 is 11.6. The molecular formula is C26H23ClN2O4S. The largest absolute Gasteiger partial charge is 0.497 e. The van der Waals surface area contributed by atoms with Crippen molar-refractivity contribution in [2.45, 2.75) is 13.5 Å². The van der Waals surface area contributed by atoms with E-state index in [1.807, 2.05) is 49.4 Å². The quantitative estimate of drug-likeness (QED) is 0.325. The molecule has 8 heteroatoms. The number of amides is 1. The lowest BCUT2D eigenvalue weighted by molar-refractivity contribution is -0.113. The van der Waals surface area contributed by atoms with Gasteiger partial charge in [0.1, 0.15) is 18.1 Å². The summed E-state index contributed by atoms with van der Waals surface area (Å²) in [5.74, 6) is 1.62. The summed E-state index contributed by atoms with van der Waals surface area (Å²) in [5.41, 5.74) is 2.67. The molecule has 1 aliphatic rings. The van der Waals surface area contributed by atoms with E-state index in [1.54, 1.807) is 37.5 Å². The number of rotatable bonds is 8. The van der Waals surface area contributed by atoms with Gasteiger partial charge in [-0.25, -0.2) is 0 Å². The number of nitrogens with one attached hydrogen (secondary N) is 1. The normalized spacial score (nSPS) is 14.3. The highest BCUT2D eigenvalue weighted by atomic mass is 35.5. The first-order valence-electron chi connectivity index (χ1n) is 10.6. The summed E-state index contributed by atoms with van der Waals surface area (Å²) in [6, 6.07) is 20.1. The van der Waals surface area contributed by atoms with Gasteiger partial charge in [0.2, 0.25) is 0 Å². The smallest absolute Gasteiger partial charge is 0.281 e. The Morgan fingerprint density at radius 3 is 2.50 bits per heavy atom. The van der Waals surface area contributed by atoms with Crippen LogP contribution in [0, 0.1) is 0 Å². The molecule has 0 saturated carbocycles. The Morgan fingerprint density at radius 1 is 1.03 bits per heavy atom. The Balaban J connectivity index is 1.54. The molecule has 0 aliphatic carbocycles. The Hall–Kier alpha value is -3.55. The fourth-order valence-electron chi connectivity index (χ4n) is 3.44. The first kappa shape index (κ1) is 23.6. The molecule has 0 bridgehead atoms. The van der Waals surface area contributed by atoms with Gasteiger partial charge in [-0.2, -0.15) is 0 Å². The fraction of sp³-hybridized carbons (Fsp3) is 0.154. The average molecular weight is 495 g/mol. The zero-order valence-electron chi connectivity index (χ0n) is 18.7. The number of ether oxygens (including phenoxy) is 3. The summed E-state index contributed by atoms with van der Waals surface area (Å²) in [6.07, 6.45) is 1.73. The second-order valence-corrected chi connectivity index (χ2v) is 8.14. The predicted molar refractivity (Wildman–Crippen MR) is 138 cm³/mol. The highest BCUT2D eigenvalue weighted by Gasteiger charge is 2.32. The van der Waals surface area contributed by atoms with Crippen molar-refractivity contribution in [1.82, 2.24) is 5.32 Å². The van der Waals surface area contributed by atoms with Gasteiger partial charge in [0.15, 0.2) is 16.6 Å². The molecule has 0 spiro atoms. The third kappa shape index (κ3) is 5.16. The molecular weight excluding hydrogens is 472 g/mol. The minimum Gasteiger partial charge on any atom is -0.497 e. The topological polar surface area (TPSA) is 60.0 Å². The van der Waals surface area contributed by atoms with Crippen molar-refractivity contribution < 1.29 is 19.0 Å². The molecule has 1 aliphatic heterocycles. The van der Waals surface area contributed by atoms with Crippen molar-refractivity contribution in [2.24, 2.45) is 0 Å². The second kappa shape index (κ2) is 10.6. The van der Waals surface area contributed by atoms with E-state index < -0.39 is 0 Å². The minimum atomic E-state index is -0.243. The van der Waals surface area contributed by atoms with Gasteiger partial charge in [-0.05, 0) is 73.2 Å². The first-order chi connectivity index (χ1) is 16.5. The summed E-state index contributed by atoms with van der Waals surface area (Å²) in [5, 5.41) is 3.95. The van der Waals surface area contributed by atoms with Gasteiger partial charge in [-0.1, -0.05) is 35.9 Å². The van der Waals surface area contributed by atoms with Crippen molar-refractivity contribution in [3.63, 3.8) is 0 Å².